The van der Waals surface area contributed by atoms with Crippen molar-refractivity contribution >= 4 is 11.9 Å². The minimum absolute atomic E-state index is 0.115. The van der Waals surface area contributed by atoms with E-state index in [0.717, 1.165) is 11.1 Å². The third-order valence-corrected chi connectivity index (χ3v) is 4.11. The molecule has 4 rings (SSSR count). The second kappa shape index (κ2) is 7.74. The molecule has 5 heteroatoms. The smallest absolute Gasteiger partial charge is 0.231 e. The summed E-state index contributed by atoms with van der Waals surface area (Å²) in [6.45, 7) is 0.596. The van der Waals surface area contributed by atoms with Crippen LogP contribution in [-0.2, 0) is 6.61 Å². The van der Waals surface area contributed by atoms with Crippen molar-refractivity contribution in [3.8, 4) is 17.2 Å². The normalized spacial score (nSPS) is 12.3. The fraction of sp³-hybridized carbons (Fsp3) is 0.0909. The first kappa shape index (κ1) is 16.8. The van der Waals surface area contributed by atoms with Gasteiger partial charge in [0.2, 0.25) is 6.79 Å². The van der Waals surface area contributed by atoms with Crippen molar-refractivity contribution in [3.05, 3.63) is 89.8 Å². The van der Waals surface area contributed by atoms with E-state index in [-0.39, 0.29) is 12.6 Å². The molecule has 0 saturated heterocycles. The zero-order valence-corrected chi connectivity index (χ0v) is 14.5. The van der Waals surface area contributed by atoms with Gasteiger partial charge in [-0.2, -0.15) is 0 Å². The molecule has 0 unspecified atom stereocenters. The Labute approximate surface area is 156 Å². The van der Waals surface area contributed by atoms with E-state index in [4.69, 9.17) is 14.2 Å². The average Bonchev–Trinajstić information content (AvgIpc) is 3.19. The van der Waals surface area contributed by atoms with Crippen molar-refractivity contribution in [2.45, 2.75) is 6.61 Å². The highest BCUT2D eigenvalue weighted by Gasteiger charge is 2.15. The van der Waals surface area contributed by atoms with Gasteiger partial charge in [0.25, 0.3) is 0 Å². The average molecular weight is 359 g/mol. The number of ether oxygens (including phenoxy) is 3. The lowest BCUT2D eigenvalue weighted by molar-refractivity contribution is 0.104. The molecule has 0 saturated carbocycles. The Balaban J connectivity index is 1.48. The number of para-hydroxylation sites is 1. The van der Waals surface area contributed by atoms with Crippen LogP contribution in [0.25, 0.3) is 6.08 Å². The van der Waals surface area contributed by atoms with E-state index in [1.165, 1.54) is 6.08 Å². The van der Waals surface area contributed by atoms with Crippen molar-refractivity contribution in [1.29, 1.82) is 0 Å². The van der Waals surface area contributed by atoms with Gasteiger partial charge in [-0.1, -0.05) is 24.3 Å². The van der Waals surface area contributed by atoms with Gasteiger partial charge >= 0.3 is 0 Å². The number of carbonyl (C=O) groups is 1. The maximum atomic E-state index is 12.5. The molecule has 0 N–H and O–H groups in total. The minimum Gasteiger partial charge on any atom is -0.488 e. The molecule has 27 heavy (non-hydrogen) atoms. The lowest BCUT2D eigenvalue weighted by Crippen LogP contribution is -1.98. The summed E-state index contributed by atoms with van der Waals surface area (Å²) >= 11 is 0. The summed E-state index contributed by atoms with van der Waals surface area (Å²) in [5.74, 6) is 1.84. The molecule has 0 amide bonds. The highest BCUT2D eigenvalue weighted by Crippen LogP contribution is 2.32. The van der Waals surface area contributed by atoms with Gasteiger partial charge in [0.05, 0.1) is 0 Å². The molecule has 1 aromatic heterocycles. The number of benzene rings is 2. The van der Waals surface area contributed by atoms with Crippen molar-refractivity contribution in [2.75, 3.05) is 6.79 Å². The second-order valence-corrected chi connectivity index (χ2v) is 5.95. The molecule has 0 bridgehead atoms. The molecule has 0 aliphatic carbocycles. The van der Waals surface area contributed by atoms with E-state index in [9.17, 15) is 4.79 Å². The summed E-state index contributed by atoms with van der Waals surface area (Å²) in [7, 11) is 0. The standard InChI is InChI=1S/C22H17NO4/c24-19(18-8-10-21-22(12-18)27-15-26-21)9-7-17-5-1-2-6-20(17)25-14-16-4-3-11-23-13-16/h1-13H,14-15H2/b9-7+. The second-order valence-electron chi connectivity index (χ2n) is 5.95. The predicted molar refractivity (Wildman–Crippen MR) is 101 cm³/mol. The minimum atomic E-state index is -0.115. The van der Waals surface area contributed by atoms with E-state index in [2.05, 4.69) is 4.98 Å². The lowest BCUT2D eigenvalue weighted by atomic mass is 10.1. The van der Waals surface area contributed by atoms with Crippen LogP contribution in [0.2, 0.25) is 0 Å². The van der Waals surface area contributed by atoms with Crippen LogP contribution in [0.15, 0.2) is 73.1 Å². The van der Waals surface area contributed by atoms with Gasteiger partial charge in [-0.05, 0) is 42.5 Å². The summed E-state index contributed by atoms with van der Waals surface area (Å²) in [5.41, 5.74) is 2.35. The lowest BCUT2D eigenvalue weighted by Gasteiger charge is -2.09. The van der Waals surface area contributed by atoms with Crippen LogP contribution in [0.4, 0.5) is 0 Å². The van der Waals surface area contributed by atoms with Crippen molar-refractivity contribution in [2.24, 2.45) is 0 Å². The molecule has 2 heterocycles. The summed E-state index contributed by atoms with van der Waals surface area (Å²) in [5, 5.41) is 0. The predicted octanol–water partition coefficient (Wildman–Crippen LogP) is 4.29. The summed E-state index contributed by atoms with van der Waals surface area (Å²) < 4.78 is 16.5. The van der Waals surface area contributed by atoms with Crippen molar-refractivity contribution in [1.82, 2.24) is 4.98 Å². The van der Waals surface area contributed by atoms with E-state index in [0.29, 0.717) is 29.4 Å². The van der Waals surface area contributed by atoms with Crippen LogP contribution in [0.3, 0.4) is 0 Å². The summed E-state index contributed by atoms with van der Waals surface area (Å²) in [6, 6.07) is 16.6. The number of hydrogen-bond donors (Lipinski definition) is 0. The number of hydrogen-bond acceptors (Lipinski definition) is 5. The van der Waals surface area contributed by atoms with Crippen LogP contribution in [0.5, 0.6) is 17.2 Å². The Morgan fingerprint density at radius 2 is 1.96 bits per heavy atom. The van der Waals surface area contributed by atoms with Crippen molar-refractivity contribution in [3.63, 3.8) is 0 Å². The Bertz CT molecular complexity index is 983. The Kier molecular flexibility index (Phi) is 4.83. The first-order valence-corrected chi connectivity index (χ1v) is 8.52. The van der Waals surface area contributed by atoms with Gasteiger partial charge in [0.1, 0.15) is 12.4 Å². The molecular weight excluding hydrogens is 342 g/mol. The summed E-state index contributed by atoms with van der Waals surface area (Å²) in [6.07, 6.45) is 6.78. The third kappa shape index (κ3) is 3.98. The summed E-state index contributed by atoms with van der Waals surface area (Å²) in [4.78, 5) is 16.6. The van der Waals surface area contributed by atoms with E-state index >= 15 is 0 Å². The number of nitrogens with zero attached hydrogens (tertiary/aromatic N) is 1. The molecule has 134 valence electrons. The first-order chi connectivity index (χ1) is 13.3. The molecule has 1 aliphatic rings. The van der Waals surface area contributed by atoms with E-state index in [1.54, 1.807) is 36.7 Å². The molecule has 0 atom stereocenters. The molecule has 1 aliphatic heterocycles. The molecule has 0 fully saturated rings. The maximum Gasteiger partial charge on any atom is 0.231 e. The van der Waals surface area contributed by atoms with Gasteiger partial charge in [0, 0.05) is 29.1 Å². The third-order valence-electron chi connectivity index (χ3n) is 4.11. The van der Waals surface area contributed by atoms with Gasteiger partial charge in [0.15, 0.2) is 17.3 Å². The van der Waals surface area contributed by atoms with Crippen LogP contribution in [0.1, 0.15) is 21.5 Å². The number of ketones is 1. The van der Waals surface area contributed by atoms with Gasteiger partial charge < -0.3 is 14.2 Å². The van der Waals surface area contributed by atoms with Gasteiger partial charge in [-0.3, -0.25) is 9.78 Å². The van der Waals surface area contributed by atoms with Gasteiger partial charge in [-0.25, -0.2) is 0 Å². The number of pyridine rings is 1. The first-order valence-electron chi connectivity index (χ1n) is 8.52. The van der Waals surface area contributed by atoms with Crippen LogP contribution >= 0.6 is 0 Å². The maximum absolute atomic E-state index is 12.5. The van der Waals surface area contributed by atoms with Crippen LogP contribution < -0.4 is 14.2 Å². The molecular formula is C22H17NO4. The Morgan fingerprint density at radius 1 is 1.07 bits per heavy atom. The molecule has 5 nitrogen and oxygen atoms in total. The number of carbonyl (C=O) groups excluding carboxylic acids is 1. The topological polar surface area (TPSA) is 57.7 Å². The highest BCUT2D eigenvalue weighted by molar-refractivity contribution is 6.07. The molecule has 2 aromatic carbocycles. The number of rotatable bonds is 6. The number of allylic oxidation sites excluding steroid dienone is 1. The fourth-order valence-electron chi connectivity index (χ4n) is 2.71. The zero-order valence-electron chi connectivity index (χ0n) is 14.5. The van der Waals surface area contributed by atoms with Crippen LogP contribution in [-0.4, -0.2) is 17.6 Å². The Hall–Kier alpha value is -3.60. The van der Waals surface area contributed by atoms with Crippen molar-refractivity contribution < 1.29 is 19.0 Å². The SMILES string of the molecule is O=C(/C=C/c1ccccc1OCc1cccnc1)c1ccc2c(c1)OCO2. The molecule has 0 radical (unpaired) electrons. The highest BCUT2D eigenvalue weighted by atomic mass is 16.7. The van der Waals surface area contributed by atoms with Gasteiger partial charge in [-0.15, -0.1) is 0 Å². The number of fused-ring (bicyclic) bond motifs is 1. The quantitative estimate of drug-likeness (QED) is 0.485. The zero-order chi connectivity index (χ0) is 18.5. The monoisotopic (exact) mass is 359 g/mol. The van der Waals surface area contributed by atoms with E-state index in [1.807, 2.05) is 36.4 Å². The number of aromatic nitrogens is 1. The fourth-order valence-corrected chi connectivity index (χ4v) is 2.71. The Morgan fingerprint density at radius 3 is 2.85 bits per heavy atom. The van der Waals surface area contributed by atoms with Crippen LogP contribution in [0, 0.1) is 0 Å². The molecule has 3 aromatic rings. The van der Waals surface area contributed by atoms with E-state index < -0.39 is 0 Å². The molecule has 0 spiro atoms. The largest absolute Gasteiger partial charge is 0.488 e.